The van der Waals surface area contributed by atoms with E-state index >= 15 is 0 Å². The first-order valence-corrected chi connectivity index (χ1v) is 8.13. The molecule has 20 heavy (non-hydrogen) atoms. The predicted molar refractivity (Wildman–Crippen MR) is 79.0 cm³/mol. The summed E-state index contributed by atoms with van der Waals surface area (Å²) in [5, 5.41) is 0.540. The largest absolute Gasteiger partial charge is 0.457 e. The van der Waals surface area contributed by atoms with Crippen molar-refractivity contribution in [3.8, 4) is 11.5 Å². The van der Waals surface area contributed by atoms with E-state index in [2.05, 4.69) is 0 Å². The third-order valence-electron chi connectivity index (χ3n) is 2.73. The summed E-state index contributed by atoms with van der Waals surface area (Å²) in [4.78, 5) is 0.251. The lowest BCUT2D eigenvalue weighted by molar-refractivity contribution is 0.482. The van der Waals surface area contributed by atoms with Gasteiger partial charge in [-0.25, -0.2) is 8.42 Å². The highest BCUT2D eigenvalue weighted by Crippen LogP contribution is 2.27. The molecule has 2 aromatic rings. The topological polar surface area (TPSA) is 69.4 Å². The van der Waals surface area contributed by atoms with Crippen molar-refractivity contribution in [2.75, 3.05) is 6.26 Å². The molecule has 0 saturated heterocycles. The number of halogens is 1. The fourth-order valence-electron chi connectivity index (χ4n) is 1.65. The van der Waals surface area contributed by atoms with Gasteiger partial charge in [0.25, 0.3) is 0 Å². The van der Waals surface area contributed by atoms with E-state index in [1.54, 1.807) is 30.3 Å². The summed E-state index contributed by atoms with van der Waals surface area (Å²) in [6.45, 7) is 0.363. The van der Waals surface area contributed by atoms with Crippen LogP contribution in [0.3, 0.4) is 0 Å². The van der Waals surface area contributed by atoms with Gasteiger partial charge in [0, 0.05) is 17.8 Å². The minimum Gasteiger partial charge on any atom is -0.457 e. The average Bonchev–Trinajstić information content (AvgIpc) is 2.38. The minimum atomic E-state index is -3.20. The Labute approximate surface area is 123 Å². The second-order valence-electron chi connectivity index (χ2n) is 4.30. The van der Waals surface area contributed by atoms with Crippen LogP contribution >= 0.6 is 11.6 Å². The van der Waals surface area contributed by atoms with Crippen LogP contribution in [0.2, 0.25) is 5.02 Å². The molecule has 0 aliphatic heterocycles. The van der Waals surface area contributed by atoms with Crippen molar-refractivity contribution in [3.63, 3.8) is 0 Å². The fraction of sp³-hybridized carbons (Fsp3) is 0.143. The number of sulfone groups is 1. The molecule has 0 atom stereocenters. The second kappa shape index (κ2) is 5.83. The van der Waals surface area contributed by atoms with Crippen molar-refractivity contribution in [1.29, 1.82) is 0 Å². The Morgan fingerprint density at radius 3 is 2.20 bits per heavy atom. The molecule has 2 N–H and O–H groups in total. The molecule has 0 saturated carbocycles. The van der Waals surface area contributed by atoms with E-state index in [1.165, 1.54) is 12.1 Å². The number of rotatable bonds is 4. The maximum atomic E-state index is 11.3. The lowest BCUT2D eigenvalue weighted by atomic mass is 10.2. The van der Waals surface area contributed by atoms with Crippen LogP contribution in [0.25, 0.3) is 0 Å². The molecule has 0 bridgehead atoms. The quantitative estimate of drug-likeness (QED) is 0.942. The van der Waals surface area contributed by atoms with Crippen molar-refractivity contribution in [1.82, 2.24) is 0 Å². The molecule has 6 heteroatoms. The molecular formula is C14H14ClNO3S. The summed E-state index contributed by atoms with van der Waals surface area (Å²) in [5.41, 5.74) is 6.37. The zero-order chi connectivity index (χ0) is 14.8. The van der Waals surface area contributed by atoms with Crippen molar-refractivity contribution in [2.45, 2.75) is 11.4 Å². The third-order valence-corrected chi connectivity index (χ3v) is 4.21. The summed E-state index contributed by atoms with van der Waals surface area (Å²) in [5.74, 6) is 1.10. The standard InChI is InChI=1S/C14H14ClNO3S/c1-20(17,18)13-6-4-11(5-7-13)19-12-3-2-10(9-16)14(15)8-12/h2-8H,9,16H2,1H3. The van der Waals surface area contributed by atoms with Crippen molar-refractivity contribution in [3.05, 3.63) is 53.1 Å². The Balaban J connectivity index is 2.20. The van der Waals surface area contributed by atoms with E-state index in [1.807, 2.05) is 0 Å². The molecule has 2 aromatic carbocycles. The van der Waals surface area contributed by atoms with E-state index in [0.717, 1.165) is 11.8 Å². The molecule has 0 heterocycles. The zero-order valence-electron chi connectivity index (χ0n) is 10.8. The lowest BCUT2D eigenvalue weighted by Crippen LogP contribution is -1.97. The highest BCUT2D eigenvalue weighted by molar-refractivity contribution is 7.90. The first kappa shape index (κ1) is 14.8. The van der Waals surface area contributed by atoms with Crippen LogP contribution in [-0.2, 0) is 16.4 Å². The van der Waals surface area contributed by atoms with Gasteiger partial charge in [-0.3, -0.25) is 0 Å². The van der Waals surface area contributed by atoms with Crippen LogP contribution in [-0.4, -0.2) is 14.7 Å². The molecule has 0 aliphatic carbocycles. The maximum absolute atomic E-state index is 11.3. The van der Waals surface area contributed by atoms with Crippen molar-refractivity contribution < 1.29 is 13.2 Å². The van der Waals surface area contributed by atoms with Gasteiger partial charge in [0.15, 0.2) is 9.84 Å². The van der Waals surface area contributed by atoms with E-state index in [-0.39, 0.29) is 4.90 Å². The Bertz CT molecular complexity index is 712. The van der Waals surface area contributed by atoms with Gasteiger partial charge in [0.05, 0.1) is 4.90 Å². The van der Waals surface area contributed by atoms with Crippen LogP contribution < -0.4 is 10.5 Å². The molecule has 0 aromatic heterocycles. The first-order valence-electron chi connectivity index (χ1n) is 5.86. The molecule has 4 nitrogen and oxygen atoms in total. The zero-order valence-corrected chi connectivity index (χ0v) is 12.4. The molecule has 2 rings (SSSR count). The number of ether oxygens (including phenoxy) is 1. The highest BCUT2D eigenvalue weighted by Gasteiger charge is 2.07. The average molecular weight is 312 g/mol. The maximum Gasteiger partial charge on any atom is 0.175 e. The van der Waals surface area contributed by atoms with Gasteiger partial charge in [0.2, 0.25) is 0 Å². The molecule has 0 aliphatic rings. The Morgan fingerprint density at radius 1 is 1.10 bits per heavy atom. The normalized spacial score (nSPS) is 11.3. The Kier molecular flexibility index (Phi) is 4.32. The van der Waals surface area contributed by atoms with Crippen molar-refractivity contribution >= 4 is 21.4 Å². The summed E-state index contributed by atoms with van der Waals surface area (Å²) in [6.07, 6.45) is 1.16. The molecule has 0 spiro atoms. The summed E-state index contributed by atoms with van der Waals surface area (Å²) >= 11 is 6.04. The number of hydrogen-bond donors (Lipinski definition) is 1. The fourth-order valence-corrected chi connectivity index (χ4v) is 2.53. The Morgan fingerprint density at radius 2 is 1.70 bits per heavy atom. The summed E-state index contributed by atoms with van der Waals surface area (Å²) < 4.78 is 28.3. The van der Waals surface area contributed by atoms with E-state index in [4.69, 9.17) is 22.1 Å². The van der Waals surface area contributed by atoms with Gasteiger partial charge in [-0.1, -0.05) is 17.7 Å². The smallest absolute Gasteiger partial charge is 0.175 e. The molecule has 106 valence electrons. The molecule has 0 amide bonds. The SMILES string of the molecule is CS(=O)(=O)c1ccc(Oc2ccc(CN)c(Cl)c2)cc1. The highest BCUT2D eigenvalue weighted by atomic mass is 35.5. The molecule has 0 fully saturated rings. The van der Waals surface area contributed by atoms with Gasteiger partial charge in [-0.15, -0.1) is 0 Å². The monoisotopic (exact) mass is 311 g/mol. The summed E-state index contributed by atoms with van der Waals surface area (Å²) in [6, 6.07) is 11.4. The number of benzene rings is 2. The van der Waals surface area contributed by atoms with E-state index in [0.29, 0.717) is 23.1 Å². The molecular weight excluding hydrogens is 298 g/mol. The van der Waals surface area contributed by atoms with E-state index < -0.39 is 9.84 Å². The van der Waals surface area contributed by atoms with Gasteiger partial charge in [-0.05, 0) is 42.0 Å². The number of nitrogens with two attached hydrogens (primary N) is 1. The van der Waals surface area contributed by atoms with Crippen LogP contribution in [0.1, 0.15) is 5.56 Å². The molecule has 0 unspecified atom stereocenters. The van der Waals surface area contributed by atoms with Crippen LogP contribution in [0.4, 0.5) is 0 Å². The van der Waals surface area contributed by atoms with Crippen LogP contribution in [0, 0.1) is 0 Å². The molecule has 0 radical (unpaired) electrons. The van der Waals surface area contributed by atoms with Crippen molar-refractivity contribution in [2.24, 2.45) is 5.73 Å². The first-order chi connectivity index (χ1) is 9.40. The third kappa shape index (κ3) is 3.50. The summed E-state index contributed by atoms with van der Waals surface area (Å²) in [7, 11) is -3.20. The van der Waals surface area contributed by atoms with Gasteiger partial charge >= 0.3 is 0 Å². The van der Waals surface area contributed by atoms with Crippen LogP contribution in [0.15, 0.2) is 47.4 Å². The lowest BCUT2D eigenvalue weighted by Gasteiger charge is -2.08. The number of hydrogen-bond acceptors (Lipinski definition) is 4. The second-order valence-corrected chi connectivity index (χ2v) is 6.73. The van der Waals surface area contributed by atoms with Gasteiger partial charge < -0.3 is 10.5 Å². The van der Waals surface area contributed by atoms with E-state index in [9.17, 15) is 8.42 Å². The van der Waals surface area contributed by atoms with Crippen LogP contribution in [0.5, 0.6) is 11.5 Å². The Hall–Kier alpha value is -1.56. The minimum absolute atomic E-state index is 0.251. The predicted octanol–water partition coefficient (Wildman–Crippen LogP) is 2.99. The van der Waals surface area contributed by atoms with Gasteiger partial charge in [-0.2, -0.15) is 0 Å². The van der Waals surface area contributed by atoms with Gasteiger partial charge in [0.1, 0.15) is 11.5 Å².